The van der Waals surface area contributed by atoms with Gasteiger partial charge in [-0.15, -0.1) is 12.4 Å². The fraction of sp³-hybridized carbons (Fsp3) is 0.650. The predicted octanol–water partition coefficient (Wildman–Crippen LogP) is 2.29. The molecule has 1 unspecified atom stereocenters. The molecule has 0 bridgehead atoms. The molecule has 28 heavy (non-hydrogen) atoms. The van der Waals surface area contributed by atoms with E-state index in [9.17, 15) is 13.2 Å². The monoisotopic (exact) mass is 429 g/mol. The summed E-state index contributed by atoms with van der Waals surface area (Å²) in [5.41, 5.74) is 8.65. The van der Waals surface area contributed by atoms with E-state index in [1.807, 2.05) is 32.9 Å². The lowest BCUT2D eigenvalue weighted by atomic mass is 9.97. The van der Waals surface area contributed by atoms with Gasteiger partial charge in [0, 0.05) is 31.6 Å². The Hall–Kier alpha value is -1.15. The lowest BCUT2D eigenvalue weighted by molar-refractivity contribution is -0.126. The Labute approximate surface area is 174 Å². The van der Waals surface area contributed by atoms with E-state index in [0.717, 1.165) is 29.5 Å². The zero-order chi connectivity index (χ0) is 19.8. The van der Waals surface area contributed by atoms with Crippen LogP contribution < -0.4 is 11.1 Å². The van der Waals surface area contributed by atoms with Crippen LogP contribution in [0.15, 0.2) is 17.0 Å². The van der Waals surface area contributed by atoms with Gasteiger partial charge in [0.15, 0.2) is 0 Å². The van der Waals surface area contributed by atoms with E-state index in [0.29, 0.717) is 43.3 Å². The van der Waals surface area contributed by atoms with E-state index in [1.54, 1.807) is 0 Å². The molecule has 1 saturated heterocycles. The Kier molecular flexibility index (Phi) is 7.53. The zero-order valence-electron chi connectivity index (χ0n) is 16.9. The standard InChI is InChI=1S/C20H31N3O3S.ClH/c1-13-10-14(2)19(15(3)11-13)27(25,26)23-8-6-17(7-9-23)20(24)22-12-18(21)16-4-5-16;/h10-11,16-18H,4-9,12,21H2,1-3H3,(H,22,24);1H. The van der Waals surface area contributed by atoms with Crippen LogP contribution in [0.4, 0.5) is 0 Å². The number of rotatable bonds is 6. The normalized spacial score (nSPS) is 19.7. The summed E-state index contributed by atoms with van der Waals surface area (Å²) in [7, 11) is -3.54. The molecule has 1 amide bonds. The number of piperidine rings is 1. The zero-order valence-corrected chi connectivity index (χ0v) is 18.5. The van der Waals surface area contributed by atoms with Crippen LogP contribution in [0.1, 0.15) is 42.4 Å². The van der Waals surface area contributed by atoms with Crippen LogP contribution in [0.2, 0.25) is 0 Å². The summed E-state index contributed by atoms with van der Waals surface area (Å²) in [5.74, 6) is 0.423. The van der Waals surface area contributed by atoms with Crippen molar-refractivity contribution in [3.05, 3.63) is 28.8 Å². The van der Waals surface area contributed by atoms with Gasteiger partial charge in [-0.3, -0.25) is 4.79 Å². The van der Waals surface area contributed by atoms with Crippen molar-refractivity contribution in [1.29, 1.82) is 0 Å². The summed E-state index contributed by atoms with van der Waals surface area (Å²) < 4.78 is 27.8. The number of carbonyl (C=O) groups is 1. The molecule has 2 aliphatic rings. The molecule has 1 aromatic carbocycles. The Morgan fingerprint density at radius 1 is 1.14 bits per heavy atom. The summed E-state index contributed by atoms with van der Waals surface area (Å²) >= 11 is 0. The number of nitrogens with one attached hydrogen (secondary N) is 1. The van der Waals surface area contributed by atoms with E-state index in [-0.39, 0.29) is 30.3 Å². The third-order valence-corrected chi connectivity index (χ3v) is 7.97. The average molecular weight is 430 g/mol. The van der Waals surface area contributed by atoms with E-state index < -0.39 is 10.0 Å². The van der Waals surface area contributed by atoms with Gasteiger partial charge in [-0.1, -0.05) is 17.7 Å². The predicted molar refractivity (Wildman–Crippen MR) is 113 cm³/mol. The summed E-state index contributed by atoms with van der Waals surface area (Å²) in [5, 5.41) is 2.95. The number of sulfonamides is 1. The van der Waals surface area contributed by atoms with Crippen LogP contribution in [-0.2, 0) is 14.8 Å². The highest BCUT2D eigenvalue weighted by molar-refractivity contribution is 7.89. The van der Waals surface area contributed by atoms with E-state index in [1.165, 1.54) is 4.31 Å². The third kappa shape index (κ3) is 5.06. The van der Waals surface area contributed by atoms with Gasteiger partial charge in [0.05, 0.1) is 4.90 Å². The third-order valence-electron chi connectivity index (χ3n) is 5.77. The fourth-order valence-electron chi connectivity index (χ4n) is 4.11. The minimum absolute atomic E-state index is 0. The molecule has 0 spiro atoms. The second-order valence-electron chi connectivity index (χ2n) is 8.15. The quantitative estimate of drug-likeness (QED) is 0.725. The first-order valence-electron chi connectivity index (χ1n) is 9.81. The van der Waals surface area contributed by atoms with Gasteiger partial charge in [0.1, 0.15) is 0 Å². The van der Waals surface area contributed by atoms with Gasteiger partial charge in [0.2, 0.25) is 15.9 Å². The molecule has 1 heterocycles. The molecule has 1 saturated carbocycles. The lowest BCUT2D eigenvalue weighted by Gasteiger charge is -2.31. The Balaban J connectivity index is 0.00000280. The van der Waals surface area contributed by atoms with Crippen molar-refractivity contribution in [1.82, 2.24) is 9.62 Å². The minimum Gasteiger partial charge on any atom is -0.354 e. The molecule has 6 nitrogen and oxygen atoms in total. The molecule has 0 radical (unpaired) electrons. The summed E-state index contributed by atoms with van der Waals surface area (Å²) in [4.78, 5) is 12.8. The average Bonchev–Trinajstić information content (AvgIpc) is 3.43. The number of amides is 1. The topological polar surface area (TPSA) is 92.5 Å². The lowest BCUT2D eigenvalue weighted by Crippen LogP contribution is -2.45. The largest absolute Gasteiger partial charge is 0.354 e. The highest BCUT2D eigenvalue weighted by Crippen LogP contribution is 2.31. The molecule has 158 valence electrons. The molecule has 1 aliphatic heterocycles. The number of nitrogens with two attached hydrogens (primary N) is 1. The van der Waals surface area contributed by atoms with Gasteiger partial charge in [-0.05, 0) is 63.5 Å². The molecule has 1 aliphatic carbocycles. The number of aryl methyl sites for hydroxylation is 3. The number of halogens is 1. The molecule has 8 heteroatoms. The Bertz CT molecular complexity index is 793. The summed E-state index contributed by atoms with van der Waals surface area (Å²) in [6.45, 7) is 6.93. The van der Waals surface area contributed by atoms with Crippen LogP contribution in [0.5, 0.6) is 0 Å². The van der Waals surface area contributed by atoms with Crippen molar-refractivity contribution in [3.8, 4) is 0 Å². The number of benzene rings is 1. The number of hydrogen-bond donors (Lipinski definition) is 2. The van der Waals surface area contributed by atoms with Gasteiger partial charge in [0.25, 0.3) is 0 Å². The first kappa shape index (κ1) is 23.1. The Morgan fingerprint density at radius 2 is 1.68 bits per heavy atom. The second kappa shape index (κ2) is 9.11. The Morgan fingerprint density at radius 3 is 2.18 bits per heavy atom. The summed E-state index contributed by atoms with van der Waals surface area (Å²) in [6, 6.07) is 3.86. The molecule has 2 fully saturated rings. The molecule has 3 N–H and O–H groups in total. The number of hydrogen-bond acceptors (Lipinski definition) is 4. The van der Waals surface area contributed by atoms with Gasteiger partial charge < -0.3 is 11.1 Å². The first-order chi connectivity index (χ1) is 12.7. The van der Waals surface area contributed by atoms with Crippen LogP contribution in [-0.4, -0.2) is 44.3 Å². The minimum atomic E-state index is -3.54. The van der Waals surface area contributed by atoms with Crippen LogP contribution in [0.3, 0.4) is 0 Å². The van der Waals surface area contributed by atoms with E-state index >= 15 is 0 Å². The van der Waals surface area contributed by atoms with Crippen molar-refractivity contribution in [2.75, 3.05) is 19.6 Å². The SMILES string of the molecule is Cc1cc(C)c(S(=O)(=O)N2CCC(C(=O)NCC(N)C3CC3)CC2)c(C)c1.Cl. The maximum Gasteiger partial charge on any atom is 0.243 e. The van der Waals surface area contributed by atoms with Gasteiger partial charge >= 0.3 is 0 Å². The molecule has 1 aromatic rings. The van der Waals surface area contributed by atoms with Crippen molar-refractivity contribution < 1.29 is 13.2 Å². The van der Waals surface area contributed by atoms with Crippen molar-refractivity contribution >= 4 is 28.3 Å². The second-order valence-corrected chi connectivity index (χ2v) is 10.0. The van der Waals surface area contributed by atoms with Gasteiger partial charge in [-0.25, -0.2) is 8.42 Å². The van der Waals surface area contributed by atoms with Crippen LogP contribution in [0, 0.1) is 32.6 Å². The highest BCUT2D eigenvalue weighted by atomic mass is 35.5. The maximum atomic E-state index is 13.1. The van der Waals surface area contributed by atoms with Crippen LogP contribution >= 0.6 is 12.4 Å². The highest BCUT2D eigenvalue weighted by Gasteiger charge is 2.34. The number of nitrogens with zero attached hydrogens (tertiary/aromatic N) is 1. The van der Waals surface area contributed by atoms with Crippen LogP contribution in [0.25, 0.3) is 0 Å². The number of carbonyl (C=O) groups excluding carboxylic acids is 1. The van der Waals surface area contributed by atoms with Crippen molar-refractivity contribution in [2.45, 2.75) is 57.4 Å². The maximum absolute atomic E-state index is 13.1. The first-order valence-corrected chi connectivity index (χ1v) is 11.3. The van der Waals surface area contributed by atoms with Crippen molar-refractivity contribution in [2.24, 2.45) is 17.6 Å². The van der Waals surface area contributed by atoms with E-state index in [2.05, 4.69) is 5.32 Å². The summed E-state index contributed by atoms with van der Waals surface area (Å²) in [6.07, 6.45) is 3.41. The molecule has 1 atom stereocenters. The molecule has 0 aromatic heterocycles. The fourth-order valence-corrected chi connectivity index (χ4v) is 6.00. The molecule has 3 rings (SSSR count). The molecular formula is C20H32ClN3O3S. The van der Waals surface area contributed by atoms with E-state index in [4.69, 9.17) is 5.73 Å². The molecular weight excluding hydrogens is 398 g/mol. The smallest absolute Gasteiger partial charge is 0.243 e. The van der Waals surface area contributed by atoms with Gasteiger partial charge in [-0.2, -0.15) is 4.31 Å². The van der Waals surface area contributed by atoms with Crippen molar-refractivity contribution in [3.63, 3.8) is 0 Å².